The van der Waals surface area contributed by atoms with Crippen LogP contribution in [-0.4, -0.2) is 49.2 Å². The number of hydrogen-bond acceptors (Lipinski definition) is 4. The summed E-state index contributed by atoms with van der Waals surface area (Å²) in [5.74, 6) is -0.948. The lowest BCUT2D eigenvalue weighted by Gasteiger charge is -2.02. The van der Waals surface area contributed by atoms with Gasteiger partial charge in [0.05, 0.1) is 33.0 Å². The molecule has 0 fully saturated rings. The van der Waals surface area contributed by atoms with E-state index in [4.69, 9.17) is 19.7 Å². The second-order valence-corrected chi connectivity index (χ2v) is 2.48. The molecule has 0 rings (SSSR count). The summed E-state index contributed by atoms with van der Waals surface area (Å²) in [7, 11) is 0. The zero-order chi connectivity index (χ0) is 10.6. The highest BCUT2D eigenvalue weighted by Crippen LogP contribution is 1.86. The van der Waals surface area contributed by atoms with E-state index >= 15 is 0 Å². The number of carboxylic acids is 1. The fourth-order valence-corrected chi connectivity index (χ4v) is 0.722. The van der Waals surface area contributed by atoms with Crippen molar-refractivity contribution < 1.29 is 24.5 Å². The van der Waals surface area contributed by atoms with E-state index in [0.717, 1.165) is 6.08 Å². The van der Waals surface area contributed by atoms with E-state index in [1.54, 1.807) is 0 Å². The lowest BCUT2D eigenvalue weighted by atomic mass is 10.4. The zero-order valence-electron chi connectivity index (χ0n) is 8.02. The quantitative estimate of drug-likeness (QED) is 0.410. The van der Waals surface area contributed by atoms with Gasteiger partial charge in [-0.25, -0.2) is 4.79 Å². The van der Waals surface area contributed by atoms with Crippen LogP contribution in [0.15, 0.2) is 12.2 Å². The summed E-state index contributed by atoms with van der Waals surface area (Å²) in [6.07, 6.45) is 3.20. The van der Waals surface area contributed by atoms with Crippen LogP contribution in [-0.2, 0) is 14.3 Å². The van der Waals surface area contributed by atoms with Crippen molar-refractivity contribution >= 4 is 5.97 Å². The number of aliphatic carboxylic acids is 1. The third-order valence-corrected chi connectivity index (χ3v) is 1.30. The average molecular weight is 204 g/mol. The molecule has 0 aromatic rings. The van der Waals surface area contributed by atoms with Crippen molar-refractivity contribution in [1.29, 1.82) is 0 Å². The van der Waals surface area contributed by atoms with Gasteiger partial charge in [0, 0.05) is 6.08 Å². The monoisotopic (exact) mass is 204 g/mol. The number of hydrogen-bond donors (Lipinski definition) is 2. The van der Waals surface area contributed by atoms with Crippen LogP contribution in [0.2, 0.25) is 0 Å². The van der Waals surface area contributed by atoms with Gasteiger partial charge in [-0.05, 0) is 6.42 Å². The molecule has 0 unspecified atom stereocenters. The van der Waals surface area contributed by atoms with Crippen LogP contribution >= 0.6 is 0 Å². The van der Waals surface area contributed by atoms with Crippen molar-refractivity contribution in [2.24, 2.45) is 0 Å². The molecule has 0 aliphatic rings. The standard InChI is InChI=1S/C9H16O5/c10-4-6-14-8-7-13-5-2-1-3-9(11)12/h1,3,10H,2,4-8H2,(H,11,12)/b3-1+. The van der Waals surface area contributed by atoms with Gasteiger partial charge in [-0.15, -0.1) is 0 Å². The smallest absolute Gasteiger partial charge is 0.327 e. The minimum Gasteiger partial charge on any atom is -0.478 e. The van der Waals surface area contributed by atoms with Crippen molar-refractivity contribution in [1.82, 2.24) is 0 Å². The molecule has 0 spiro atoms. The summed E-state index contributed by atoms with van der Waals surface area (Å²) in [5.41, 5.74) is 0. The van der Waals surface area contributed by atoms with Crippen molar-refractivity contribution in [3.63, 3.8) is 0 Å². The first-order valence-corrected chi connectivity index (χ1v) is 4.43. The van der Waals surface area contributed by atoms with Crippen LogP contribution in [0.5, 0.6) is 0 Å². The van der Waals surface area contributed by atoms with Crippen LogP contribution < -0.4 is 0 Å². The third-order valence-electron chi connectivity index (χ3n) is 1.30. The van der Waals surface area contributed by atoms with E-state index in [0.29, 0.717) is 32.8 Å². The molecule has 0 heterocycles. The molecule has 0 atom stereocenters. The van der Waals surface area contributed by atoms with Crippen molar-refractivity contribution in [3.05, 3.63) is 12.2 Å². The topological polar surface area (TPSA) is 76.0 Å². The number of rotatable bonds is 9. The Labute approximate surface area is 82.9 Å². The van der Waals surface area contributed by atoms with Gasteiger partial charge in [-0.1, -0.05) is 6.08 Å². The van der Waals surface area contributed by atoms with Gasteiger partial charge in [-0.2, -0.15) is 0 Å². The highest BCUT2D eigenvalue weighted by molar-refractivity contribution is 5.79. The van der Waals surface area contributed by atoms with Gasteiger partial charge >= 0.3 is 5.97 Å². The SMILES string of the molecule is O=C(O)/C=C/CCOCCOCCO. The van der Waals surface area contributed by atoms with E-state index in [2.05, 4.69) is 0 Å². The maximum Gasteiger partial charge on any atom is 0.327 e. The van der Waals surface area contributed by atoms with Crippen LogP contribution in [0.4, 0.5) is 0 Å². The molecule has 0 amide bonds. The molecule has 5 heteroatoms. The molecule has 0 aliphatic carbocycles. The molecule has 2 N–H and O–H groups in total. The summed E-state index contributed by atoms with van der Waals surface area (Å²) >= 11 is 0. The minimum absolute atomic E-state index is 0.0152. The van der Waals surface area contributed by atoms with Gasteiger partial charge in [0.2, 0.25) is 0 Å². The minimum atomic E-state index is -0.948. The highest BCUT2D eigenvalue weighted by atomic mass is 16.5. The maximum absolute atomic E-state index is 10.0. The van der Waals surface area contributed by atoms with E-state index in [-0.39, 0.29) is 6.61 Å². The molecular weight excluding hydrogens is 188 g/mol. The van der Waals surface area contributed by atoms with E-state index in [1.165, 1.54) is 6.08 Å². The Hall–Kier alpha value is -0.910. The summed E-state index contributed by atoms with van der Waals surface area (Å²) in [6, 6.07) is 0. The Bertz CT molecular complexity index is 167. The molecule has 0 aromatic carbocycles. The van der Waals surface area contributed by atoms with Crippen LogP contribution in [0.25, 0.3) is 0 Å². The molecular formula is C9H16O5. The second-order valence-electron chi connectivity index (χ2n) is 2.48. The summed E-state index contributed by atoms with van der Waals surface area (Å²) in [4.78, 5) is 10.0. The lowest BCUT2D eigenvalue weighted by molar-refractivity contribution is -0.131. The first-order valence-electron chi connectivity index (χ1n) is 4.43. The fourth-order valence-electron chi connectivity index (χ4n) is 0.722. The van der Waals surface area contributed by atoms with Gasteiger partial charge in [0.1, 0.15) is 0 Å². The van der Waals surface area contributed by atoms with E-state index < -0.39 is 5.97 Å². The first-order chi connectivity index (χ1) is 6.77. The number of ether oxygens (including phenoxy) is 2. The Morgan fingerprint density at radius 1 is 1.14 bits per heavy atom. The molecule has 0 radical (unpaired) electrons. The van der Waals surface area contributed by atoms with Crippen molar-refractivity contribution in [2.45, 2.75) is 6.42 Å². The number of aliphatic hydroxyl groups excluding tert-OH is 1. The Kier molecular flexibility index (Phi) is 9.51. The second kappa shape index (κ2) is 10.2. The maximum atomic E-state index is 10.0. The van der Waals surface area contributed by atoms with Gasteiger partial charge < -0.3 is 19.7 Å². The molecule has 82 valence electrons. The van der Waals surface area contributed by atoms with Gasteiger partial charge in [0.15, 0.2) is 0 Å². The first kappa shape index (κ1) is 13.1. The molecule has 14 heavy (non-hydrogen) atoms. The summed E-state index contributed by atoms with van der Waals surface area (Å²) in [5, 5.41) is 16.6. The van der Waals surface area contributed by atoms with Crippen molar-refractivity contribution in [3.8, 4) is 0 Å². The number of aliphatic hydroxyl groups is 1. The van der Waals surface area contributed by atoms with Gasteiger partial charge in [0.25, 0.3) is 0 Å². The molecule has 0 aliphatic heterocycles. The highest BCUT2D eigenvalue weighted by Gasteiger charge is 1.89. The molecule has 0 aromatic heterocycles. The third kappa shape index (κ3) is 11.1. The zero-order valence-corrected chi connectivity index (χ0v) is 8.02. The Morgan fingerprint density at radius 2 is 1.79 bits per heavy atom. The molecule has 0 bridgehead atoms. The van der Waals surface area contributed by atoms with Crippen LogP contribution in [0.1, 0.15) is 6.42 Å². The molecule has 0 saturated carbocycles. The normalized spacial score (nSPS) is 10.9. The molecule has 0 saturated heterocycles. The van der Waals surface area contributed by atoms with E-state index in [1.807, 2.05) is 0 Å². The Morgan fingerprint density at radius 3 is 2.36 bits per heavy atom. The van der Waals surface area contributed by atoms with Crippen molar-refractivity contribution in [2.75, 3.05) is 33.0 Å². The van der Waals surface area contributed by atoms with E-state index in [9.17, 15) is 4.79 Å². The predicted octanol–water partition coefficient (Wildman–Crippen LogP) is 0.0428. The number of carbonyl (C=O) groups is 1. The summed E-state index contributed by atoms with van der Waals surface area (Å²) in [6.45, 7) is 1.72. The number of carboxylic acid groups (broad SMARTS) is 1. The fraction of sp³-hybridized carbons (Fsp3) is 0.667. The predicted molar refractivity (Wildman–Crippen MR) is 50.1 cm³/mol. The molecule has 5 nitrogen and oxygen atoms in total. The Balaban J connectivity index is 3.02. The largest absolute Gasteiger partial charge is 0.478 e. The average Bonchev–Trinajstić information content (AvgIpc) is 2.15. The van der Waals surface area contributed by atoms with Gasteiger partial charge in [-0.3, -0.25) is 0 Å². The van der Waals surface area contributed by atoms with Crippen LogP contribution in [0, 0.1) is 0 Å². The lowest BCUT2D eigenvalue weighted by Crippen LogP contribution is -2.07. The van der Waals surface area contributed by atoms with Crippen LogP contribution in [0.3, 0.4) is 0 Å². The summed E-state index contributed by atoms with van der Waals surface area (Å²) < 4.78 is 10.1.